The van der Waals surface area contributed by atoms with Gasteiger partial charge in [-0.2, -0.15) is 0 Å². The number of aromatic nitrogens is 2. The third kappa shape index (κ3) is 7.18. The van der Waals surface area contributed by atoms with Crippen molar-refractivity contribution in [3.63, 3.8) is 0 Å². The molecular weight excluding hydrogens is 474 g/mol. The van der Waals surface area contributed by atoms with Gasteiger partial charge in [0.05, 0.1) is 18.7 Å². The molecule has 0 amide bonds. The minimum Gasteiger partial charge on any atom is -0.497 e. The highest BCUT2D eigenvalue weighted by atomic mass is 32.2. The van der Waals surface area contributed by atoms with Crippen molar-refractivity contribution in [2.45, 2.75) is 43.1 Å². The van der Waals surface area contributed by atoms with E-state index in [1.807, 2.05) is 60.6 Å². The van der Waals surface area contributed by atoms with Crippen LogP contribution in [0.15, 0.2) is 59.9 Å². The number of aliphatic hydroxyl groups is 1. The fraction of sp³-hybridized carbons (Fsp3) is 0.464. The molecule has 4 rings (SSSR count). The molecule has 0 saturated carbocycles. The topological polar surface area (TPSA) is 95.8 Å². The van der Waals surface area contributed by atoms with Gasteiger partial charge in [0.25, 0.3) is 0 Å². The fourth-order valence-electron chi connectivity index (χ4n) is 5.19. The van der Waals surface area contributed by atoms with E-state index in [0.29, 0.717) is 24.7 Å². The lowest BCUT2D eigenvalue weighted by atomic mass is 9.79. The molecule has 1 aromatic carbocycles. The Kier molecular flexibility index (Phi) is 9.55. The minimum atomic E-state index is -0.739. The molecule has 3 atom stereocenters. The van der Waals surface area contributed by atoms with E-state index in [4.69, 9.17) is 4.74 Å². The molecular formula is C28H35N3O4S. The second-order valence-corrected chi connectivity index (χ2v) is 10.6. The molecule has 3 heterocycles. The standard InChI is InChI=1S/C28H35N3O4S/c1-35-22-4-5-26-25(18-22)24(10-14-30-26)27(32)6-2-20-11-15-31(19-21(20)3-7-28(33)34)16-17-36-23-8-12-29-13-9-23/h4-5,8-10,12-14,18,20-21,27,32H,2-3,6-7,11,15-17,19H2,1H3,(H,33,34)/t20-,21-,27-/m1/s1. The van der Waals surface area contributed by atoms with E-state index in [2.05, 4.69) is 14.9 Å². The number of carboxylic acids is 1. The van der Waals surface area contributed by atoms with Crippen molar-refractivity contribution < 1.29 is 19.7 Å². The second kappa shape index (κ2) is 13.0. The van der Waals surface area contributed by atoms with Gasteiger partial charge < -0.3 is 19.8 Å². The summed E-state index contributed by atoms with van der Waals surface area (Å²) in [7, 11) is 1.63. The summed E-state index contributed by atoms with van der Waals surface area (Å²) in [6.07, 6.45) is 8.19. The lowest BCUT2D eigenvalue weighted by molar-refractivity contribution is -0.137. The average Bonchev–Trinajstić information content (AvgIpc) is 2.91. The summed E-state index contributed by atoms with van der Waals surface area (Å²) in [6, 6.07) is 11.7. The highest BCUT2D eigenvalue weighted by Crippen LogP contribution is 2.35. The highest BCUT2D eigenvalue weighted by molar-refractivity contribution is 7.99. The Balaban J connectivity index is 1.35. The van der Waals surface area contributed by atoms with Gasteiger partial charge in [-0.15, -0.1) is 11.8 Å². The van der Waals surface area contributed by atoms with Crippen LogP contribution < -0.4 is 4.74 Å². The number of ether oxygens (including phenoxy) is 1. The van der Waals surface area contributed by atoms with E-state index in [0.717, 1.165) is 60.4 Å². The zero-order valence-electron chi connectivity index (χ0n) is 20.8. The van der Waals surface area contributed by atoms with Gasteiger partial charge >= 0.3 is 5.97 Å². The summed E-state index contributed by atoms with van der Waals surface area (Å²) in [6.45, 7) is 2.91. The Morgan fingerprint density at radius 3 is 2.78 bits per heavy atom. The molecule has 0 radical (unpaired) electrons. The first kappa shape index (κ1) is 26.4. The minimum absolute atomic E-state index is 0.193. The molecule has 0 bridgehead atoms. The molecule has 1 fully saturated rings. The summed E-state index contributed by atoms with van der Waals surface area (Å²) >= 11 is 1.83. The number of thioether (sulfide) groups is 1. The first-order valence-corrected chi connectivity index (χ1v) is 13.6. The largest absolute Gasteiger partial charge is 0.497 e. The van der Waals surface area contributed by atoms with Crippen molar-refractivity contribution in [1.29, 1.82) is 0 Å². The summed E-state index contributed by atoms with van der Waals surface area (Å²) < 4.78 is 5.37. The van der Waals surface area contributed by atoms with Gasteiger partial charge in [0.15, 0.2) is 0 Å². The van der Waals surface area contributed by atoms with Crippen LogP contribution in [0.4, 0.5) is 0 Å². The van der Waals surface area contributed by atoms with Crippen LogP contribution in [-0.4, -0.2) is 63.5 Å². The number of rotatable bonds is 12. The van der Waals surface area contributed by atoms with Gasteiger partial charge in [0.1, 0.15) is 5.75 Å². The summed E-state index contributed by atoms with van der Waals surface area (Å²) in [5.74, 6) is 1.73. The number of likely N-dealkylation sites (tertiary alicyclic amines) is 1. The van der Waals surface area contributed by atoms with Crippen molar-refractivity contribution in [2.75, 3.05) is 32.5 Å². The maximum Gasteiger partial charge on any atom is 0.303 e. The van der Waals surface area contributed by atoms with Gasteiger partial charge in [-0.3, -0.25) is 14.8 Å². The van der Waals surface area contributed by atoms with Gasteiger partial charge in [0.2, 0.25) is 0 Å². The van der Waals surface area contributed by atoms with Crippen LogP contribution in [0, 0.1) is 11.8 Å². The summed E-state index contributed by atoms with van der Waals surface area (Å²) in [5.41, 5.74) is 1.70. The van der Waals surface area contributed by atoms with E-state index < -0.39 is 12.1 Å². The number of carboxylic acid groups (broad SMARTS) is 1. The molecule has 8 heteroatoms. The number of hydrogen-bond acceptors (Lipinski definition) is 7. The number of hydrogen-bond donors (Lipinski definition) is 2. The van der Waals surface area contributed by atoms with Crippen LogP contribution in [0.1, 0.15) is 43.8 Å². The smallest absolute Gasteiger partial charge is 0.303 e. The molecule has 2 aromatic heterocycles. The Morgan fingerprint density at radius 2 is 2.00 bits per heavy atom. The van der Waals surface area contributed by atoms with Gasteiger partial charge in [-0.05, 0) is 86.0 Å². The molecule has 1 aliphatic rings. The van der Waals surface area contributed by atoms with Crippen LogP contribution >= 0.6 is 11.8 Å². The number of aliphatic hydroxyl groups excluding tert-OH is 1. The first-order chi connectivity index (χ1) is 17.5. The summed E-state index contributed by atoms with van der Waals surface area (Å²) in [5, 5.41) is 21.3. The zero-order valence-corrected chi connectivity index (χ0v) is 21.6. The van der Waals surface area contributed by atoms with E-state index in [9.17, 15) is 15.0 Å². The van der Waals surface area contributed by atoms with E-state index in [1.54, 1.807) is 13.3 Å². The van der Waals surface area contributed by atoms with E-state index >= 15 is 0 Å². The molecule has 7 nitrogen and oxygen atoms in total. The molecule has 0 spiro atoms. The van der Waals surface area contributed by atoms with Crippen LogP contribution in [-0.2, 0) is 4.79 Å². The first-order valence-electron chi connectivity index (χ1n) is 12.6. The SMILES string of the molecule is COc1ccc2nccc([C@H](O)CC[C@@H]3CCN(CCSc4ccncc4)C[C@H]3CCC(=O)O)c2c1. The van der Waals surface area contributed by atoms with E-state index in [1.165, 1.54) is 4.90 Å². The van der Waals surface area contributed by atoms with Gasteiger partial charge in [0, 0.05) is 54.1 Å². The predicted molar refractivity (Wildman–Crippen MR) is 142 cm³/mol. The lowest BCUT2D eigenvalue weighted by Crippen LogP contribution is -2.41. The van der Waals surface area contributed by atoms with E-state index in [-0.39, 0.29) is 6.42 Å². The Hall–Kier alpha value is -2.68. The van der Waals surface area contributed by atoms with Crippen LogP contribution in [0.3, 0.4) is 0 Å². The molecule has 0 unspecified atom stereocenters. The number of aliphatic carboxylic acids is 1. The molecule has 1 saturated heterocycles. The molecule has 192 valence electrons. The number of nitrogens with zero attached hydrogens (tertiary/aromatic N) is 3. The van der Waals surface area contributed by atoms with Crippen LogP contribution in [0.5, 0.6) is 5.75 Å². The predicted octanol–water partition coefficient (Wildman–Crippen LogP) is 5.05. The van der Waals surface area contributed by atoms with Crippen molar-refractivity contribution in [2.24, 2.45) is 11.8 Å². The van der Waals surface area contributed by atoms with Crippen molar-refractivity contribution in [3.05, 3.63) is 60.6 Å². The normalized spacial score (nSPS) is 19.3. The molecule has 3 aromatic rings. The number of carbonyl (C=O) groups is 1. The van der Waals surface area contributed by atoms with Crippen molar-refractivity contribution in [1.82, 2.24) is 14.9 Å². The molecule has 1 aliphatic heterocycles. The maximum absolute atomic E-state index is 11.3. The van der Waals surface area contributed by atoms with Gasteiger partial charge in [-0.1, -0.05) is 0 Å². The fourth-order valence-corrected chi connectivity index (χ4v) is 6.09. The van der Waals surface area contributed by atoms with Crippen molar-refractivity contribution in [3.8, 4) is 5.75 Å². The second-order valence-electron chi connectivity index (χ2n) is 9.45. The third-order valence-electron chi connectivity index (χ3n) is 7.18. The molecule has 2 N–H and O–H groups in total. The molecule has 36 heavy (non-hydrogen) atoms. The monoisotopic (exact) mass is 509 g/mol. The maximum atomic E-state index is 11.3. The number of benzene rings is 1. The Labute approximate surface area is 216 Å². The zero-order chi connectivity index (χ0) is 25.3. The van der Waals surface area contributed by atoms with Crippen molar-refractivity contribution >= 4 is 28.6 Å². The highest BCUT2D eigenvalue weighted by Gasteiger charge is 2.30. The number of fused-ring (bicyclic) bond motifs is 1. The number of pyridine rings is 2. The van der Waals surface area contributed by atoms with Gasteiger partial charge in [-0.25, -0.2) is 0 Å². The number of methoxy groups -OCH3 is 1. The van der Waals surface area contributed by atoms with Crippen LogP contribution in [0.25, 0.3) is 10.9 Å². The summed E-state index contributed by atoms with van der Waals surface area (Å²) in [4.78, 5) is 23.5. The van der Waals surface area contributed by atoms with Crippen LogP contribution in [0.2, 0.25) is 0 Å². The average molecular weight is 510 g/mol. The third-order valence-corrected chi connectivity index (χ3v) is 8.17. The molecule has 0 aliphatic carbocycles. The Bertz CT molecular complexity index is 1130. The quantitative estimate of drug-likeness (QED) is 0.328. The number of piperidine rings is 1. The lowest BCUT2D eigenvalue weighted by Gasteiger charge is -2.39. The Morgan fingerprint density at radius 1 is 1.17 bits per heavy atom.